The molecule has 4 spiro atoms. The Morgan fingerprint density at radius 1 is 0.244 bits per heavy atom. The maximum absolute atomic E-state index is 7.47. The van der Waals surface area contributed by atoms with Crippen molar-refractivity contribution >= 4 is 46.4 Å². The van der Waals surface area contributed by atoms with Gasteiger partial charge in [-0.2, -0.15) is 0 Å². The van der Waals surface area contributed by atoms with Crippen LogP contribution in [0.4, 0.5) is 0 Å². The van der Waals surface area contributed by atoms with Gasteiger partial charge in [0.05, 0.1) is 24.4 Å². The summed E-state index contributed by atoms with van der Waals surface area (Å²) in [6.45, 7) is 13.0. The normalized spacial score (nSPS) is 41.0. The van der Waals surface area contributed by atoms with E-state index < -0.39 is 8.67 Å². The van der Waals surface area contributed by atoms with Gasteiger partial charge in [-0.1, -0.05) is 91.9 Å². The first-order valence-electron chi connectivity index (χ1n) is 37.1. The molecule has 4 nitrogen and oxygen atoms in total. The molecule has 10 fully saturated rings. The van der Waals surface area contributed by atoms with Gasteiger partial charge in [0.15, 0.2) is 0 Å². The quantitative estimate of drug-likeness (QED) is 0.0639. The highest BCUT2D eigenvalue weighted by Gasteiger charge is 2.73. The Morgan fingerprint density at radius 2 is 0.427 bits per heavy atom. The van der Waals surface area contributed by atoms with Crippen LogP contribution in [-0.2, 0) is 18.9 Å². The average molecular weight is 1220 g/mol. The molecule has 0 unspecified atom stereocenters. The maximum Gasteiger partial charge on any atom is 0.129 e. The Bertz CT molecular complexity index is 1640. The van der Waals surface area contributed by atoms with Crippen LogP contribution in [0.15, 0.2) is 0 Å². The fourth-order valence-corrected chi connectivity index (χ4v) is 23.0. The lowest BCUT2D eigenvalue weighted by atomic mass is 9.42. The lowest BCUT2D eigenvalue weighted by molar-refractivity contribution is -0.123. The summed E-state index contributed by atoms with van der Waals surface area (Å²) in [7, 11) is 0. The van der Waals surface area contributed by atoms with Crippen molar-refractivity contribution in [1.82, 2.24) is 0 Å². The zero-order valence-electron chi connectivity index (χ0n) is 53.8. The number of hydrogen-bond donors (Lipinski definition) is 0. The zero-order valence-corrected chi connectivity index (χ0v) is 56.9. The molecule has 0 aromatic heterocycles. The van der Waals surface area contributed by atoms with Crippen LogP contribution in [-0.4, -0.2) is 59.5 Å². The third-order valence-corrected chi connectivity index (χ3v) is 29.6. The molecule has 0 aromatic carbocycles. The first-order chi connectivity index (χ1) is 39.8. The van der Waals surface area contributed by atoms with E-state index in [9.17, 15) is 0 Å². The molecular weight excluding hydrogens is 1090 g/mol. The predicted octanol–water partition coefficient (Wildman–Crippen LogP) is 23.7. The van der Waals surface area contributed by atoms with Crippen molar-refractivity contribution in [2.75, 3.05) is 26.4 Å². The second kappa shape index (κ2) is 32.3. The minimum Gasteiger partial charge on any atom is -0.378 e. The molecule has 10 saturated carbocycles. The summed E-state index contributed by atoms with van der Waals surface area (Å²) in [5.41, 5.74) is 0.800. The van der Waals surface area contributed by atoms with Gasteiger partial charge in [0.2, 0.25) is 0 Å². The van der Waals surface area contributed by atoms with E-state index in [-0.39, 0.29) is 21.7 Å². The van der Waals surface area contributed by atoms with Crippen LogP contribution in [0.5, 0.6) is 0 Å². The summed E-state index contributed by atoms with van der Waals surface area (Å²) in [6.07, 6.45) is 65.1. The summed E-state index contributed by atoms with van der Waals surface area (Å²) in [5, 5.41) is 0. The molecule has 10 rings (SSSR count). The van der Waals surface area contributed by atoms with E-state index in [4.69, 9.17) is 65.4 Å². The van der Waals surface area contributed by atoms with Gasteiger partial charge in [-0.05, 0) is 291 Å². The van der Waals surface area contributed by atoms with Crippen molar-refractivity contribution in [3.8, 4) is 0 Å². The van der Waals surface area contributed by atoms with Crippen LogP contribution in [0.25, 0.3) is 0 Å². The third kappa shape index (κ3) is 16.2. The van der Waals surface area contributed by atoms with E-state index in [1.54, 1.807) is 0 Å². The molecule has 82 heavy (non-hydrogen) atoms. The van der Waals surface area contributed by atoms with Gasteiger partial charge in [0, 0.05) is 48.1 Å². The Kier molecular flexibility index (Phi) is 26.6. The highest BCUT2D eigenvalue weighted by Crippen LogP contribution is 2.79. The van der Waals surface area contributed by atoms with Gasteiger partial charge >= 0.3 is 0 Å². The van der Waals surface area contributed by atoms with Crippen LogP contribution in [0.2, 0.25) is 0 Å². The molecule has 10 aliphatic carbocycles. The van der Waals surface area contributed by atoms with Gasteiger partial charge in [-0.15, -0.1) is 46.4 Å². The summed E-state index contributed by atoms with van der Waals surface area (Å²) < 4.78 is 23.9. The monoisotopic (exact) mass is 1220 g/mol. The topological polar surface area (TPSA) is 36.9 Å². The van der Waals surface area contributed by atoms with E-state index in [0.29, 0.717) is 24.4 Å². The van der Waals surface area contributed by atoms with Gasteiger partial charge in [-0.25, -0.2) is 0 Å². The number of ether oxygens (including phenoxy) is 4. The highest BCUT2D eigenvalue weighted by atomic mass is 35.5. The Balaban J connectivity index is 0.000000198. The van der Waals surface area contributed by atoms with Gasteiger partial charge < -0.3 is 18.9 Å². The first kappa shape index (κ1) is 67.4. The van der Waals surface area contributed by atoms with Crippen LogP contribution in [0.3, 0.4) is 0 Å². The second-order valence-corrected chi connectivity index (χ2v) is 33.8. The molecule has 0 N–H and O–H groups in total. The number of unbranched alkanes of at least 4 members (excludes halogenated alkanes) is 10. The van der Waals surface area contributed by atoms with E-state index in [1.165, 1.54) is 308 Å². The van der Waals surface area contributed by atoms with Crippen molar-refractivity contribution in [3.05, 3.63) is 0 Å². The number of halogens is 4. The zero-order chi connectivity index (χ0) is 57.5. The predicted molar refractivity (Wildman–Crippen MR) is 350 cm³/mol. The number of rotatable bonds is 26. The van der Waals surface area contributed by atoms with Crippen LogP contribution in [0.1, 0.15) is 336 Å². The fourth-order valence-electron chi connectivity index (χ4n) is 20.9. The van der Waals surface area contributed by atoms with Gasteiger partial charge in [0.1, 0.15) is 8.67 Å². The van der Waals surface area contributed by atoms with Gasteiger partial charge in [-0.3, -0.25) is 0 Å². The van der Waals surface area contributed by atoms with E-state index in [0.717, 1.165) is 73.8 Å². The highest BCUT2D eigenvalue weighted by molar-refractivity contribution is 6.50. The van der Waals surface area contributed by atoms with Crippen molar-refractivity contribution in [1.29, 1.82) is 0 Å². The molecule has 0 aromatic rings. The molecule has 0 aliphatic heterocycles. The summed E-state index contributed by atoms with van der Waals surface area (Å²) >= 11 is 29.9. The molecule has 476 valence electrons. The molecular formula is C74H128Cl4O4. The smallest absolute Gasteiger partial charge is 0.129 e. The lowest BCUT2D eigenvalue weighted by Gasteiger charge is -2.69. The molecule has 10 aliphatic rings. The standard InChI is InChI=1S/C38H66Cl2O2.C36H62Cl2O2/c1-3-5-7-9-27-41-34-15-11-30(12-16-34)32-19-23-36(24-20-32)29-37(38(36,39)40)25-21-33(22-26-37)31-13-17-35(18-14-31)42-28-10-8-6-4-2;1-3-5-7-25-39-32-13-9-28(10-14-32)30-17-21-34(22-18-30)27-35(36(34,37)38)23-19-31(20-24-35)29-11-15-33(16-12-29)40-26-8-6-4-2/h30-35H,3-29H2,1-2H3;28-33H,3-27H2,1-2H3. The molecule has 0 atom stereocenters. The van der Waals surface area contributed by atoms with Crippen molar-refractivity contribution < 1.29 is 18.9 Å². The van der Waals surface area contributed by atoms with Crippen molar-refractivity contribution in [3.63, 3.8) is 0 Å². The molecule has 0 amide bonds. The van der Waals surface area contributed by atoms with E-state index in [2.05, 4.69) is 27.7 Å². The van der Waals surface area contributed by atoms with Crippen molar-refractivity contribution in [2.24, 2.45) is 69.0 Å². The van der Waals surface area contributed by atoms with Crippen LogP contribution >= 0.6 is 46.4 Å². The number of alkyl halides is 4. The first-order valence-corrected chi connectivity index (χ1v) is 38.6. The Morgan fingerprint density at radius 3 is 0.622 bits per heavy atom. The largest absolute Gasteiger partial charge is 0.378 e. The number of hydrogen-bond acceptors (Lipinski definition) is 4. The van der Waals surface area contributed by atoms with Crippen LogP contribution in [0, 0.1) is 69.0 Å². The molecule has 0 heterocycles. The lowest BCUT2D eigenvalue weighted by Crippen LogP contribution is -2.66. The van der Waals surface area contributed by atoms with Crippen molar-refractivity contribution in [2.45, 2.75) is 369 Å². The second-order valence-electron chi connectivity index (χ2n) is 31.1. The average Bonchev–Trinajstić information content (AvgIpc) is 3.14. The summed E-state index contributed by atoms with van der Waals surface area (Å²) in [4.78, 5) is 0. The Labute approximate surface area is 526 Å². The Hall–Kier alpha value is 1.00. The van der Waals surface area contributed by atoms with Gasteiger partial charge in [0.25, 0.3) is 0 Å². The summed E-state index contributed by atoms with van der Waals surface area (Å²) in [5.74, 6) is 7.23. The van der Waals surface area contributed by atoms with Crippen LogP contribution < -0.4 is 0 Å². The molecule has 0 radical (unpaired) electrons. The minimum atomic E-state index is -0.498. The maximum atomic E-state index is 7.47. The van der Waals surface area contributed by atoms with E-state index >= 15 is 0 Å². The van der Waals surface area contributed by atoms with E-state index in [1.807, 2.05) is 0 Å². The third-order valence-electron chi connectivity index (χ3n) is 26.4. The molecule has 0 saturated heterocycles. The molecule has 8 heteroatoms. The fraction of sp³-hybridized carbons (Fsp3) is 1.00. The molecule has 0 bridgehead atoms. The minimum absolute atomic E-state index is 0.199. The summed E-state index contributed by atoms with van der Waals surface area (Å²) in [6, 6.07) is 0. The SMILES string of the molecule is CCCCCCOC1CCC(C2CCC3(CC2)CC2(CCC(C4CCC(OCCCCCC)CC4)CC2)C3(Cl)Cl)CC1.CCCCCOC1CCC(C2CCC3(CC2)CC2(CCC(C4CCC(OCCCCC)CC4)CC2)C3(Cl)Cl)CC1.